The first-order valence-corrected chi connectivity index (χ1v) is 7.24. The molecule has 4 heteroatoms. The van der Waals surface area contributed by atoms with Gasteiger partial charge in [0.05, 0.1) is 6.08 Å². The van der Waals surface area contributed by atoms with Gasteiger partial charge >= 0.3 is 6.18 Å². The lowest BCUT2D eigenvalue weighted by Gasteiger charge is -2.28. The molecule has 0 aromatic rings. The Balaban J connectivity index is 2.36. The molecular weight excluding hydrogens is 256 g/mol. The third kappa shape index (κ3) is 6.44. The second-order valence-electron chi connectivity index (χ2n) is 5.92. The van der Waals surface area contributed by atoms with Crippen molar-refractivity contribution in [3.8, 4) is 0 Å². The quantitative estimate of drug-likeness (QED) is 0.539. The minimum absolute atomic E-state index is 0.205. The van der Waals surface area contributed by atoms with Gasteiger partial charge in [0.25, 0.3) is 0 Å². The summed E-state index contributed by atoms with van der Waals surface area (Å²) in [7, 11) is 0. The summed E-state index contributed by atoms with van der Waals surface area (Å²) in [4.78, 5) is 0. The van der Waals surface area contributed by atoms with E-state index in [0.717, 1.165) is 6.42 Å². The molecule has 0 heterocycles. The Bertz CT molecular complexity index is 287. The lowest BCUT2D eigenvalue weighted by molar-refractivity contribution is -0.0819. The van der Waals surface area contributed by atoms with Gasteiger partial charge in [0.1, 0.15) is 5.83 Å². The summed E-state index contributed by atoms with van der Waals surface area (Å²) < 4.78 is 49.4. The van der Waals surface area contributed by atoms with Gasteiger partial charge in [-0.2, -0.15) is 13.2 Å². The molecule has 0 spiro atoms. The van der Waals surface area contributed by atoms with E-state index in [-0.39, 0.29) is 6.08 Å². The van der Waals surface area contributed by atoms with Crippen LogP contribution in [0.4, 0.5) is 17.6 Å². The van der Waals surface area contributed by atoms with Crippen LogP contribution in [-0.2, 0) is 0 Å². The minimum atomic E-state index is -4.55. The molecule has 0 aliphatic heterocycles. The van der Waals surface area contributed by atoms with Gasteiger partial charge in [-0.15, -0.1) is 0 Å². The summed E-state index contributed by atoms with van der Waals surface area (Å²) in [6, 6.07) is 0. The van der Waals surface area contributed by atoms with E-state index in [9.17, 15) is 17.6 Å². The first-order chi connectivity index (χ1) is 8.79. The molecule has 2 atom stereocenters. The molecule has 0 radical (unpaired) electrons. The largest absolute Gasteiger partial charge is 0.412 e. The van der Waals surface area contributed by atoms with Gasteiger partial charge in [0.2, 0.25) is 0 Å². The van der Waals surface area contributed by atoms with E-state index in [2.05, 4.69) is 6.92 Å². The number of halogens is 4. The van der Waals surface area contributed by atoms with E-state index in [4.69, 9.17) is 0 Å². The standard InChI is InChI=1S/C15H24F4/c1-11(13-6-4-3-5-7-13)8-9-12(2)14(16)10-15(17,18)19/h10-13H,3-9H2,1-2H3/b14-10-. The lowest BCUT2D eigenvalue weighted by Crippen LogP contribution is -2.16. The molecule has 0 aromatic carbocycles. The molecule has 0 bridgehead atoms. The van der Waals surface area contributed by atoms with Crippen molar-refractivity contribution in [2.45, 2.75) is 65.0 Å². The smallest absolute Gasteiger partial charge is 0.212 e. The van der Waals surface area contributed by atoms with Crippen molar-refractivity contribution in [2.75, 3.05) is 0 Å². The molecule has 19 heavy (non-hydrogen) atoms. The normalized spacial score (nSPS) is 22.3. The first kappa shape index (κ1) is 16.5. The van der Waals surface area contributed by atoms with Crippen LogP contribution < -0.4 is 0 Å². The molecule has 0 aromatic heterocycles. The Morgan fingerprint density at radius 3 is 2.21 bits per heavy atom. The van der Waals surface area contributed by atoms with Crippen molar-refractivity contribution in [3.05, 3.63) is 11.9 Å². The molecule has 112 valence electrons. The summed E-state index contributed by atoms with van der Waals surface area (Å²) in [5.41, 5.74) is 0. The zero-order valence-corrected chi connectivity index (χ0v) is 11.8. The van der Waals surface area contributed by atoms with Crippen LogP contribution in [0.3, 0.4) is 0 Å². The molecule has 1 aliphatic rings. The summed E-state index contributed by atoms with van der Waals surface area (Å²) in [5, 5.41) is 0. The van der Waals surface area contributed by atoms with Crippen LogP contribution >= 0.6 is 0 Å². The topological polar surface area (TPSA) is 0 Å². The van der Waals surface area contributed by atoms with Crippen molar-refractivity contribution in [1.82, 2.24) is 0 Å². The SMILES string of the molecule is CC(CCC(C)C1CCCCC1)/C(F)=C/C(F)(F)F. The van der Waals surface area contributed by atoms with E-state index in [0.29, 0.717) is 18.3 Å². The molecule has 1 aliphatic carbocycles. The van der Waals surface area contributed by atoms with E-state index < -0.39 is 17.9 Å². The van der Waals surface area contributed by atoms with Crippen LogP contribution in [-0.4, -0.2) is 6.18 Å². The van der Waals surface area contributed by atoms with Crippen LogP contribution in [0.2, 0.25) is 0 Å². The van der Waals surface area contributed by atoms with Gasteiger partial charge in [0.15, 0.2) is 0 Å². The Kier molecular flexibility index (Phi) is 6.34. The molecule has 1 fully saturated rings. The zero-order valence-electron chi connectivity index (χ0n) is 11.8. The predicted molar refractivity (Wildman–Crippen MR) is 69.4 cm³/mol. The second-order valence-corrected chi connectivity index (χ2v) is 5.92. The van der Waals surface area contributed by atoms with E-state index in [1.54, 1.807) is 0 Å². The third-order valence-electron chi connectivity index (χ3n) is 4.28. The molecular formula is C15H24F4. The van der Waals surface area contributed by atoms with Crippen molar-refractivity contribution in [1.29, 1.82) is 0 Å². The second kappa shape index (κ2) is 7.30. The van der Waals surface area contributed by atoms with Crippen LogP contribution in [0.15, 0.2) is 11.9 Å². The highest BCUT2D eigenvalue weighted by molar-refractivity contribution is 5.00. The molecule has 1 rings (SSSR count). The first-order valence-electron chi connectivity index (χ1n) is 7.24. The summed E-state index contributed by atoms with van der Waals surface area (Å²) in [6.45, 7) is 3.68. The van der Waals surface area contributed by atoms with Gasteiger partial charge in [0, 0.05) is 5.92 Å². The number of hydrogen-bond acceptors (Lipinski definition) is 0. The van der Waals surface area contributed by atoms with Crippen LogP contribution in [0, 0.1) is 17.8 Å². The van der Waals surface area contributed by atoms with Crippen molar-refractivity contribution in [3.63, 3.8) is 0 Å². The molecule has 0 amide bonds. The van der Waals surface area contributed by atoms with Crippen LogP contribution in [0.5, 0.6) is 0 Å². The Labute approximate surface area is 113 Å². The molecule has 0 N–H and O–H groups in total. The van der Waals surface area contributed by atoms with Crippen molar-refractivity contribution >= 4 is 0 Å². The van der Waals surface area contributed by atoms with Gasteiger partial charge in [-0.1, -0.05) is 46.0 Å². The zero-order chi connectivity index (χ0) is 14.5. The Hall–Kier alpha value is -0.540. The maximum absolute atomic E-state index is 13.3. The predicted octanol–water partition coefficient (Wildman–Crippen LogP) is 6.03. The number of rotatable bonds is 5. The molecule has 2 unspecified atom stereocenters. The van der Waals surface area contributed by atoms with Crippen LogP contribution in [0.1, 0.15) is 58.8 Å². The van der Waals surface area contributed by atoms with Gasteiger partial charge in [-0.05, 0) is 24.7 Å². The minimum Gasteiger partial charge on any atom is -0.212 e. The molecule has 0 nitrogen and oxygen atoms in total. The number of alkyl halides is 3. The number of hydrogen-bond donors (Lipinski definition) is 0. The lowest BCUT2D eigenvalue weighted by atomic mass is 9.78. The molecule has 0 saturated heterocycles. The summed E-state index contributed by atoms with van der Waals surface area (Å²) >= 11 is 0. The highest BCUT2D eigenvalue weighted by Gasteiger charge is 2.27. The van der Waals surface area contributed by atoms with Gasteiger partial charge in [-0.3, -0.25) is 0 Å². The van der Waals surface area contributed by atoms with Gasteiger partial charge < -0.3 is 0 Å². The Morgan fingerprint density at radius 2 is 1.68 bits per heavy atom. The van der Waals surface area contributed by atoms with Crippen molar-refractivity contribution in [2.24, 2.45) is 17.8 Å². The highest BCUT2D eigenvalue weighted by atomic mass is 19.4. The van der Waals surface area contributed by atoms with Crippen LogP contribution in [0.25, 0.3) is 0 Å². The fourth-order valence-corrected chi connectivity index (χ4v) is 2.89. The summed E-state index contributed by atoms with van der Waals surface area (Å²) in [6.07, 6.45) is 2.80. The van der Waals surface area contributed by atoms with Gasteiger partial charge in [-0.25, -0.2) is 4.39 Å². The van der Waals surface area contributed by atoms with E-state index >= 15 is 0 Å². The van der Waals surface area contributed by atoms with Crippen molar-refractivity contribution < 1.29 is 17.6 Å². The van der Waals surface area contributed by atoms with E-state index in [1.165, 1.54) is 39.0 Å². The maximum Gasteiger partial charge on any atom is 0.412 e. The monoisotopic (exact) mass is 280 g/mol. The molecule has 1 saturated carbocycles. The average molecular weight is 280 g/mol. The summed E-state index contributed by atoms with van der Waals surface area (Å²) in [5.74, 6) is -0.506. The van der Waals surface area contributed by atoms with E-state index in [1.807, 2.05) is 0 Å². The fourth-order valence-electron chi connectivity index (χ4n) is 2.89. The maximum atomic E-state index is 13.3. The third-order valence-corrected chi connectivity index (χ3v) is 4.28. The highest BCUT2D eigenvalue weighted by Crippen LogP contribution is 2.34. The fraction of sp³-hybridized carbons (Fsp3) is 0.867. The number of allylic oxidation sites excluding steroid dienone is 2. The average Bonchev–Trinajstić information content (AvgIpc) is 2.34. The Morgan fingerprint density at radius 1 is 1.11 bits per heavy atom.